The van der Waals surface area contributed by atoms with E-state index in [9.17, 15) is 0 Å². The lowest BCUT2D eigenvalue weighted by Crippen LogP contribution is -2.32. The van der Waals surface area contributed by atoms with E-state index in [1.165, 1.54) is 66.8 Å². The van der Waals surface area contributed by atoms with Gasteiger partial charge in [-0.25, -0.2) is 0 Å². The van der Waals surface area contributed by atoms with E-state index in [-0.39, 0.29) is 0 Å². The van der Waals surface area contributed by atoms with Crippen molar-refractivity contribution in [1.82, 2.24) is 0 Å². The number of rotatable bonds is 7. The Hall–Kier alpha value is -7.68. The van der Waals surface area contributed by atoms with E-state index in [2.05, 4.69) is 235 Å². The largest absolute Gasteiger partial charge is 0.464 e. The summed E-state index contributed by atoms with van der Waals surface area (Å²) >= 11 is 0. The van der Waals surface area contributed by atoms with E-state index in [1.807, 2.05) is 0 Å². The maximum absolute atomic E-state index is 5.98. The van der Waals surface area contributed by atoms with Crippen LogP contribution in [0.4, 0.5) is 17.1 Å². The smallest absolute Gasteiger partial charge is 0.133 e. The zero-order valence-electron chi connectivity index (χ0n) is 32.9. The highest BCUT2D eigenvalue weighted by Crippen LogP contribution is 2.63. The highest BCUT2D eigenvalue weighted by atomic mass is 16.3. The molecule has 12 rings (SSSR count). The van der Waals surface area contributed by atoms with Gasteiger partial charge in [-0.05, 0) is 92.0 Å². The molecular weight excluding hydrogens is 727 g/mol. The lowest BCUT2D eigenvalue weighted by molar-refractivity contribution is 0.616. The average Bonchev–Trinajstić information content (AvgIpc) is 4.01. The first kappa shape index (κ1) is 34.4. The van der Waals surface area contributed by atoms with E-state index < -0.39 is 10.8 Å². The van der Waals surface area contributed by atoms with Crippen LogP contribution in [0.3, 0.4) is 0 Å². The molecule has 0 fully saturated rings. The second-order valence-corrected chi connectivity index (χ2v) is 15.9. The van der Waals surface area contributed by atoms with Crippen LogP contribution in [-0.2, 0) is 10.8 Å². The first-order valence-electron chi connectivity index (χ1n) is 20.8. The first-order chi connectivity index (χ1) is 29.8. The number of anilines is 3. The molecule has 60 heavy (non-hydrogen) atoms. The third kappa shape index (κ3) is 4.70. The monoisotopic (exact) mass is 765 g/mol. The number of hydrogen-bond donors (Lipinski definition) is 0. The summed E-state index contributed by atoms with van der Waals surface area (Å²) in [6.45, 7) is 0. The van der Waals surface area contributed by atoms with E-state index in [4.69, 9.17) is 4.42 Å². The molecule has 0 amide bonds. The molecule has 2 heteroatoms. The molecule has 0 spiro atoms. The molecule has 2 aliphatic carbocycles. The van der Waals surface area contributed by atoms with Crippen LogP contribution in [0.1, 0.15) is 44.5 Å². The third-order valence-corrected chi connectivity index (χ3v) is 13.1. The van der Waals surface area contributed by atoms with Crippen LogP contribution in [0.5, 0.6) is 0 Å². The van der Waals surface area contributed by atoms with Gasteiger partial charge in [-0.3, -0.25) is 0 Å². The van der Waals surface area contributed by atoms with E-state index >= 15 is 0 Å². The molecule has 0 N–H and O–H groups in total. The predicted octanol–water partition coefficient (Wildman–Crippen LogP) is 14.6. The molecule has 0 bridgehead atoms. The van der Waals surface area contributed by atoms with Gasteiger partial charge in [-0.2, -0.15) is 0 Å². The van der Waals surface area contributed by atoms with Crippen LogP contribution in [-0.4, -0.2) is 0 Å². The summed E-state index contributed by atoms with van der Waals surface area (Å²) in [5.41, 5.74) is 17.9. The number of hydrogen-bond acceptors (Lipinski definition) is 2. The summed E-state index contributed by atoms with van der Waals surface area (Å²) in [5, 5.41) is 1.05. The summed E-state index contributed by atoms with van der Waals surface area (Å²) in [4.78, 5) is 2.56. The Labute approximate surface area is 350 Å². The van der Waals surface area contributed by atoms with Crippen LogP contribution in [0.2, 0.25) is 0 Å². The zero-order valence-corrected chi connectivity index (χ0v) is 32.9. The van der Waals surface area contributed by atoms with Gasteiger partial charge < -0.3 is 9.32 Å². The Balaban J connectivity index is 1.26. The van der Waals surface area contributed by atoms with Gasteiger partial charge in [0.1, 0.15) is 5.58 Å². The molecule has 1 heterocycles. The fraction of sp³-hybridized carbons (Fsp3) is 0.0345. The van der Waals surface area contributed by atoms with Gasteiger partial charge in [0, 0.05) is 22.2 Å². The summed E-state index contributed by atoms with van der Waals surface area (Å²) < 4.78 is 5.98. The van der Waals surface area contributed by atoms with Crippen molar-refractivity contribution in [3.8, 4) is 22.3 Å². The van der Waals surface area contributed by atoms with Gasteiger partial charge in [0.05, 0.1) is 28.5 Å². The molecule has 2 nitrogen and oxygen atoms in total. The Bertz CT molecular complexity index is 2940. The minimum Gasteiger partial charge on any atom is -0.464 e. The van der Waals surface area contributed by atoms with Gasteiger partial charge in [-0.15, -0.1) is 0 Å². The van der Waals surface area contributed by atoms with Crippen molar-refractivity contribution in [1.29, 1.82) is 0 Å². The predicted molar refractivity (Wildman–Crippen MR) is 246 cm³/mol. The van der Waals surface area contributed by atoms with Crippen LogP contribution in [0.15, 0.2) is 241 Å². The molecule has 9 aromatic carbocycles. The van der Waals surface area contributed by atoms with Gasteiger partial charge >= 0.3 is 0 Å². The number of furan rings is 1. The maximum atomic E-state index is 5.98. The standard InChI is InChI=1S/C58H39NO/c1-5-19-41(20-6-1)57(42-21-7-2-8-22-42)50-31-15-13-27-46(50)48-29-17-33-52(55(48)57)59(45-35-36-54-40(39-45)37-38-60-54)53-34-18-30-49-47-28-14-16-32-51(47)58(56(49)53,43-23-9-3-10-24-43)44-25-11-4-12-26-44/h1-39H. The maximum Gasteiger partial charge on any atom is 0.133 e. The molecule has 0 radical (unpaired) electrons. The Morgan fingerprint density at radius 2 is 0.733 bits per heavy atom. The highest BCUT2D eigenvalue weighted by Gasteiger charge is 2.51. The third-order valence-electron chi connectivity index (χ3n) is 13.1. The number of benzene rings is 9. The minimum absolute atomic E-state index is 0.625. The van der Waals surface area contributed by atoms with Crippen molar-refractivity contribution in [3.05, 3.63) is 281 Å². The summed E-state index contributed by atoms with van der Waals surface area (Å²) in [5.74, 6) is 0. The summed E-state index contributed by atoms with van der Waals surface area (Å²) in [6.07, 6.45) is 1.79. The van der Waals surface area contributed by atoms with Crippen molar-refractivity contribution < 1.29 is 4.42 Å². The highest BCUT2D eigenvalue weighted by molar-refractivity contribution is 5.99. The molecule has 10 aromatic rings. The number of fused-ring (bicyclic) bond motifs is 7. The number of nitrogens with zero attached hydrogens (tertiary/aromatic N) is 1. The molecule has 0 atom stereocenters. The fourth-order valence-electron chi connectivity index (χ4n) is 10.8. The van der Waals surface area contributed by atoms with Gasteiger partial charge in [-0.1, -0.05) is 194 Å². The molecule has 0 saturated carbocycles. The molecule has 0 unspecified atom stereocenters. The lowest BCUT2D eigenvalue weighted by Gasteiger charge is -2.40. The van der Waals surface area contributed by atoms with Crippen LogP contribution in [0.25, 0.3) is 33.2 Å². The quantitative estimate of drug-likeness (QED) is 0.161. The van der Waals surface area contributed by atoms with Crippen LogP contribution in [0, 0.1) is 0 Å². The summed E-state index contributed by atoms with van der Waals surface area (Å²) in [7, 11) is 0. The normalized spacial score (nSPS) is 13.9. The SMILES string of the molecule is c1ccc(C2(c3ccccc3)c3ccccc3-c3cccc(N(c4ccc5occc5c4)c4cccc5c4C(c4ccccc4)(c4ccccc4)c4ccccc4-5)c32)cc1. The average molecular weight is 766 g/mol. The Morgan fingerprint density at radius 3 is 1.18 bits per heavy atom. The molecule has 0 aliphatic heterocycles. The first-order valence-corrected chi connectivity index (χ1v) is 20.8. The Kier molecular flexibility index (Phi) is 7.70. The van der Waals surface area contributed by atoms with E-state index in [0.717, 1.165) is 28.0 Å². The minimum atomic E-state index is -0.625. The molecule has 0 saturated heterocycles. The zero-order chi connectivity index (χ0) is 39.7. The van der Waals surface area contributed by atoms with E-state index in [1.54, 1.807) is 6.26 Å². The molecule has 2 aliphatic rings. The van der Waals surface area contributed by atoms with Gasteiger partial charge in [0.25, 0.3) is 0 Å². The van der Waals surface area contributed by atoms with Crippen molar-refractivity contribution in [2.75, 3.05) is 4.90 Å². The topological polar surface area (TPSA) is 16.4 Å². The Morgan fingerprint density at radius 1 is 0.333 bits per heavy atom. The van der Waals surface area contributed by atoms with E-state index in [0.29, 0.717) is 0 Å². The van der Waals surface area contributed by atoms with Crippen molar-refractivity contribution in [2.24, 2.45) is 0 Å². The second-order valence-electron chi connectivity index (χ2n) is 15.9. The fourth-order valence-corrected chi connectivity index (χ4v) is 10.8. The molecule has 282 valence electrons. The van der Waals surface area contributed by atoms with Crippen LogP contribution < -0.4 is 4.90 Å². The van der Waals surface area contributed by atoms with Crippen LogP contribution >= 0.6 is 0 Å². The van der Waals surface area contributed by atoms with Gasteiger partial charge in [0.15, 0.2) is 0 Å². The van der Waals surface area contributed by atoms with Crippen molar-refractivity contribution in [3.63, 3.8) is 0 Å². The van der Waals surface area contributed by atoms with Gasteiger partial charge in [0.2, 0.25) is 0 Å². The molecule has 1 aromatic heterocycles. The van der Waals surface area contributed by atoms with Crippen molar-refractivity contribution in [2.45, 2.75) is 10.8 Å². The lowest BCUT2D eigenvalue weighted by atomic mass is 9.66. The van der Waals surface area contributed by atoms with Crippen molar-refractivity contribution >= 4 is 28.0 Å². The molecular formula is C58H39NO. The second kappa shape index (κ2) is 13.4. The summed E-state index contributed by atoms with van der Waals surface area (Å²) in [6, 6.07) is 85.1.